The molecule has 6 rings (SSSR count). The Bertz CT molecular complexity index is 1290. The summed E-state index contributed by atoms with van der Waals surface area (Å²) in [6.07, 6.45) is 9.34. The van der Waals surface area contributed by atoms with Gasteiger partial charge in [-0.25, -0.2) is 0 Å². The van der Waals surface area contributed by atoms with Gasteiger partial charge < -0.3 is 28.7 Å². The molecule has 4 heterocycles. The maximum Gasteiger partial charge on any atom is 0.119 e. The van der Waals surface area contributed by atoms with E-state index in [-0.39, 0.29) is 10.8 Å². The zero-order chi connectivity index (χ0) is 33.0. The fourth-order valence-corrected chi connectivity index (χ4v) is 7.37. The van der Waals surface area contributed by atoms with Crippen molar-refractivity contribution >= 4 is 0 Å². The Kier molecular flexibility index (Phi) is 13.0. The van der Waals surface area contributed by atoms with E-state index in [1.165, 1.54) is 13.0 Å². The molecule has 47 heavy (non-hydrogen) atoms. The van der Waals surface area contributed by atoms with Crippen LogP contribution in [0.2, 0.25) is 0 Å². The minimum absolute atomic E-state index is 0.316. The van der Waals surface area contributed by atoms with E-state index in [1.807, 2.05) is 24.3 Å². The third-order valence-electron chi connectivity index (χ3n) is 10.6. The van der Waals surface area contributed by atoms with Crippen molar-refractivity contribution in [1.29, 1.82) is 10.5 Å². The zero-order valence-electron chi connectivity index (χ0n) is 28.6. The summed E-state index contributed by atoms with van der Waals surface area (Å²) in [4.78, 5) is 4.98. The van der Waals surface area contributed by atoms with Crippen molar-refractivity contribution in [3.05, 3.63) is 59.7 Å². The highest BCUT2D eigenvalue weighted by Gasteiger charge is 2.35. The summed E-state index contributed by atoms with van der Waals surface area (Å²) in [5.41, 5.74) is 1.42. The van der Waals surface area contributed by atoms with E-state index < -0.39 is 0 Å². The second kappa shape index (κ2) is 17.3. The monoisotopic (exact) mass is 642 g/mol. The van der Waals surface area contributed by atoms with Crippen LogP contribution in [0.1, 0.15) is 82.8 Å². The Balaban J connectivity index is 0.000000185. The predicted octanol–water partition coefficient (Wildman–Crippen LogP) is 6.63. The van der Waals surface area contributed by atoms with Gasteiger partial charge in [0.05, 0.1) is 23.0 Å². The lowest BCUT2D eigenvalue weighted by Gasteiger charge is -2.32. The van der Waals surface area contributed by atoms with Crippen LogP contribution in [0.25, 0.3) is 0 Å². The molecule has 0 N–H and O–H groups in total. The van der Waals surface area contributed by atoms with Crippen molar-refractivity contribution in [3.8, 4) is 23.6 Å². The first-order valence-electron chi connectivity index (χ1n) is 18.0. The van der Waals surface area contributed by atoms with Gasteiger partial charge in [-0.2, -0.15) is 10.5 Å². The first-order chi connectivity index (χ1) is 23.0. The van der Waals surface area contributed by atoms with Gasteiger partial charge in [0.1, 0.15) is 23.7 Å². The third kappa shape index (κ3) is 9.27. The molecular formula is C39H54N4O4. The van der Waals surface area contributed by atoms with Gasteiger partial charge in [-0.15, -0.1) is 0 Å². The number of likely N-dealkylation sites (tertiary alicyclic amines) is 2. The molecule has 4 aliphatic heterocycles. The SMILES string of the molecule is CCCN1CCC(Oc2ccc(C3(C#N)CCOCC3)cc2)CC1.CCN1CCC(Oc2ccc(C3(C#N)CCOCC3)cc2)CC1. The minimum atomic E-state index is -0.387. The molecule has 0 aliphatic carbocycles. The van der Waals surface area contributed by atoms with Crippen LogP contribution in [0.15, 0.2) is 48.5 Å². The standard InChI is InChI=1S/C20H28N2O2.C19H26N2O2/c1-2-11-22-12-7-19(8-13-22)24-18-5-3-17(4-6-18)20(16-21)9-14-23-15-10-20;1-2-21-11-7-18(8-12-21)23-17-5-3-16(4-6-17)19(15-20)9-13-22-14-10-19/h3-6,19H,2,7-15H2,1H3;3-6,18H,2,7-14H2,1H3. The van der Waals surface area contributed by atoms with Crippen LogP contribution in [-0.2, 0) is 20.3 Å². The highest BCUT2D eigenvalue weighted by Crippen LogP contribution is 2.36. The molecule has 8 nitrogen and oxygen atoms in total. The molecule has 0 spiro atoms. The molecule has 254 valence electrons. The third-order valence-corrected chi connectivity index (χ3v) is 10.6. The summed E-state index contributed by atoms with van der Waals surface area (Å²) < 4.78 is 23.1. The van der Waals surface area contributed by atoms with E-state index in [4.69, 9.17) is 18.9 Å². The quantitative estimate of drug-likeness (QED) is 0.301. The van der Waals surface area contributed by atoms with E-state index in [1.54, 1.807) is 0 Å². The summed E-state index contributed by atoms with van der Waals surface area (Å²) in [6.45, 7) is 13.9. The normalized spacial score (nSPS) is 22.2. The smallest absolute Gasteiger partial charge is 0.119 e. The zero-order valence-corrected chi connectivity index (χ0v) is 28.6. The topological polar surface area (TPSA) is 91.0 Å². The number of nitrogens with zero attached hydrogens (tertiary/aromatic N) is 4. The summed E-state index contributed by atoms with van der Waals surface area (Å²) in [5.74, 6) is 1.84. The van der Waals surface area contributed by atoms with Gasteiger partial charge in [0.25, 0.3) is 0 Å². The average Bonchev–Trinajstić information content (AvgIpc) is 3.14. The Morgan fingerprint density at radius 3 is 1.36 bits per heavy atom. The Hall–Kier alpha value is -3.14. The van der Waals surface area contributed by atoms with Crippen molar-refractivity contribution in [3.63, 3.8) is 0 Å². The lowest BCUT2D eigenvalue weighted by molar-refractivity contribution is 0.0673. The number of piperidine rings is 2. The van der Waals surface area contributed by atoms with Gasteiger partial charge in [0, 0.05) is 52.6 Å². The van der Waals surface area contributed by atoms with Crippen LogP contribution < -0.4 is 9.47 Å². The van der Waals surface area contributed by atoms with Gasteiger partial charge >= 0.3 is 0 Å². The second-order valence-electron chi connectivity index (χ2n) is 13.6. The lowest BCUT2D eigenvalue weighted by Crippen LogP contribution is -2.38. The largest absolute Gasteiger partial charge is 0.490 e. The molecule has 0 radical (unpaired) electrons. The number of hydrogen-bond donors (Lipinski definition) is 0. The molecule has 0 unspecified atom stereocenters. The molecule has 4 saturated heterocycles. The fourth-order valence-electron chi connectivity index (χ4n) is 7.37. The van der Waals surface area contributed by atoms with Crippen LogP contribution in [-0.4, -0.2) is 87.7 Å². The molecular weight excluding hydrogens is 588 g/mol. The lowest BCUT2D eigenvalue weighted by atomic mass is 9.75. The summed E-state index contributed by atoms with van der Waals surface area (Å²) >= 11 is 0. The van der Waals surface area contributed by atoms with Crippen LogP contribution in [0.4, 0.5) is 0 Å². The first-order valence-corrected chi connectivity index (χ1v) is 18.0. The molecule has 0 atom stereocenters. The van der Waals surface area contributed by atoms with Gasteiger partial charge in [-0.1, -0.05) is 38.1 Å². The summed E-state index contributed by atoms with van der Waals surface area (Å²) in [5, 5.41) is 19.3. The van der Waals surface area contributed by atoms with Crippen LogP contribution >= 0.6 is 0 Å². The van der Waals surface area contributed by atoms with E-state index >= 15 is 0 Å². The highest BCUT2D eigenvalue weighted by molar-refractivity contribution is 5.38. The summed E-state index contributed by atoms with van der Waals surface area (Å²) in [7, 11) is 0. The highest BCUT2D eigenvalue weighted by atomic mass is 16.5. The molecule has 0 bridgehead atoms. The average molecular weight is 643 g/mol. The molecule has 8 heteroatoms. The molecule has 0 saturated carbocycles. The number of ether oxygens (including phenoxy) is 4. The van der Waals surface area contributed by atoms with Crippen molar-refractivity contribution in [2.45, 2.75) is 94.7 Å². The maximum atomic E-state index is 9.65. The molecule has 4 aliphatic rings. The fraction of sp³-hybridized carbons (Fsp3) is 0.641. The summed E-state index contributed by atoms with van der Waals surface area (Å²) in [6, 6.07) is 21.4. The van der Waals surface area contributed by atoms with Crippen LogP contribution in [0.3, 0.4) is 0 Å². The van der Waals surface area contributed by atoms with E-state index in [2.05, 4.69) is 60.1 Å². The van der Waals surface area contributed by atoms with Crippen molar-refractivity contribution in [1.82, 2.24) is 9.80 Å². The van der Waals surface area contributed by atoms with Gasteiger partial charge in [-0.05, 0) is 106 Å². The molecule has 0 amide bonds. The van der Waals surface area contributed by atoms with Crippen LogP contribution in [0.5, 0.6) is 11.5 Å². The Morgan fingerprint density at radius 1 is 0.638 bits per heavy atom. The number of hydrogen-bond acceptors (Lipinski definition) is 8. The molecule has 2 aromatic carbocycles. The first kappa shape index (κ1) is 35.2. The van der Waals surface area contributed by atoms with Crippen molar-refractivity contribution in [2.75, 3.05) is 65.7 Å². The van der Waals surface area contributed by atoms with Gasteiger partial charge in [-0.3, -0.25) is 0 Å². The van der Waals surface area contributed by atoms with Gasteiger partial charge in [0.15, 0.2) is 0 Å². The second-order valence-corrected chi connectivity index (χ2v) is 13.6. The number of rotatable bonds is 9. The molecule has 0 aromatic heterocycles. The molecule has 2 aromatic rings. The Labute approximate surface area is 282 Å². The van der Waals surface area contributed by atoms with E-state index in [0.717, 1.165) is 107 Å². The van der Waals surface area contributed by atoms with Crippen molar-refractivity contribution in [2.24, 2.45) is 0 Å². The minimum Gasteiger partial charge on any atom is -0.490 e. The van der Waals surface area contributed by atoms with E-state index in [0.29, 0.717) is 38.6 Å². The van der Waals surface area contributed by atoms with Gasteiger partial charge in [0.2, 0.25) is 0 Å². The van der Waals surface area contributed by atoms with Crippen molar-refractivity contribution < 1.29 is 18.9 Å². The van der Waals surface area contributed by atoms with Crippen LogP contribution in [0, 0.1) is 22.7 Å². The number of benzene rings is 2. The Morgan fingerprint density at radius 2 is 1.02 bits per heavy atom. The maximum absolute atomic E-state index is 9.65. The predicted molar refractivity (Wildman–Crippen MR) is 184 cm³/mol. The van der Waals surface area contributed by atoms with E-state index in [9.17, 15) is 10.5 Å². The molecule has 4 fully saturated rings. The number of nitriles is 2.